The smallest absolute Gasteiger partial charge is 0.0714 e. The average Bonchev–Trinajstić information content (AvgIpc) is 3.86. The Morgan fingerprint density at radius 3 is 1.51 bits per heavy atom. The monoisotopic (exact) mass is 871 g/mol. The molecule has 1 unspecified atom stereocenters. The molecule has 1 nitrogen and oxygen atoms in total. The van der Waals surface area contributed by atoms with Crippen molar-refractivity contribution >= 4 is 27.8 Å². The van der Waals surface area contributed by atoms with E-state index in [1.165, 1.54) is 121 Å². The predicted molar refractivity (Wildman–Crippen MR) is 285 cm³/mol. The standard InChI is InChI=1S/C67H53N/c1-66(48-26-8-3-9-27-48)60-37-17-14-32-54(60)56-42-40-51(44-62(56)66)68(64-39-19-16-34-58(64)59-36-21-25-47-24-20-35-53(65(47)59)46-22-6-2-7-23-46)52-41-43-57-55-33-15-18-38-61(55)67(63(57)45-52,49-28-10-4-11-29-49)50-30-12-5-13-31-50/h3-5,8-21,24-46H,2,6-7,22-23H2,1H3. The van der Waals surface area contributed by atoms with Crippen LogP contribution in [0.3, 0.4) is 0 Å². The van der Waals surface area contributed by atoms with Crippen LogP contribution in [0.25, 0.3) is 44.2 Å². The predicted octanol–water partition coefficient (Wildman–Crippen LogP) is 17.7. The molecule has 68 heavy (non-hydrogen) atoms. The maximum Gasteiger partial charge on any atom is 0.0714 e. The molecule has 10 aromatic carbocycles. The van der Waals surface area contributed by atoms with Crippen molar-refractivity contribution in [1.82, 2.24) is 0 Å². The van der Waals surface area contributed by atoms with Crippen LogP contribution in [0.1, 0.15) is 89.5 Å². The van der Waals surface area contributed by atoms with Crippen molar-refractivity contribution in [1.29, 1.82) is 0 Å². The van der Waals surface area contributed by atoms with Gasteiger partial charge in [-0.3, -0.25) is 0 Å². The molecule has 0 bridgehead atoms. The van der Waals surface area contributed by atoms with E-state index < -0.39 is 5.41 Å². The molecule has 3 aliphatic rings. The SMILES string of the molecule is CC1(c2ccccc2)c2ccccc2-c2ccc(N(c3ccc4c(c3)C(c3ccccc3)(c3ccccc3)c3ccccc3-4)c3ccccc3-c3cccc4cccc(C5CCCCC5)c34)cc21. The van der Waals surface area contributed by atoms with Gasteiger partial charge in [-0.1, -0.05) is 226 Å². The summed E-state index contributed by atoms with van der Waals surface area (Å²) in [6.45, 7) is 2.43. The number of nitrogens with zero attached hydrogens (tertiary/aromatic N) is 1. The lowest BCUT2D eigenvalue weighted by atomic mass is 9.67. The first-order valence-corrected chi connectivity index (χ1v) is 24.7. The Labute approximate surface area is 401 Å². The quantitative estimate of drug-likeness (QED) is 0.147. The topological polar surface area (TPSA) is 3.24 Å². The van der Waals surface area contributed by atoms with E-state index in [-0.39, 0.29) is 5.41 Å². The van der Waals surface area contributed by atoms with Gasteiger partial charge >= 0.3 is 0 Å². The number of para-hydroxylation sites is 1. The van der Waals surface area contributed by atoms with Crippen LogP contribution in [0.15, 0.2) is 237 Å². The summed E-state index contributed by atoms with van der Waals surface area (Å²) in [4.78, 5) is 2.58. The second kappa shape index (κ2) is 16.2. The molecule has 10 aromatic rings. The Morgan fingerprint density at radius 1 is 0.368 bits per heavy atom. The number of benzene rings is 10. The Balaban J connectivity index is 1.10. The molecule has 0 heterocycles. The van der Waals surface area contributed by atoms with Gasteiger partial charge in [-0.25, -0.2) is 0 Å². The van der Waals surface area contributed by atoms with Gasteiger partial charge in [-0.2, -0.15) is 0 Å². The van der Waals surface area contributed by atoms with Gasteiger partial charge < -0.3 is 4.90 Å². The third-order valence-corrected chi connectivity index (χ3v) is 16.0. The van der Waals surface area contributed by atoms with Gasteiger partial charge in [0, 0.05) is 22.4 Å². The largest absolute Gasteiger partial charge is 0.310 e. The first kappa shape index (κ1) is 40.5. The average molecular weight is 872 g/mol. The third kappa shape index (κ3) is 6.08. The fourth-order valence-corrected chi connectivity index (χ4v) is 12.9. The van der Waals surface area contributed by atoms with Gasteiger partial charge in [0.25, 0.3) is 0 Å². The van der Waals surface area contributed by atoms with Crippen LogP contribution in [-0.2, 0) is 10.8 Å². The zero-order valence-electron chi connectivity index (χ0n) is 38.6. The fraction of sp³-hybridized carbons (Fsp3) is 0.134. The molecule has 0 aromatic heterocycles. The maximum absolute atomic E-state index is 2.58. The van der Waals surface area contributed by atoms with Crippen LogP contribution >= 0.6 is 0 Å². The Hall–Kier alpha value is -7.74. The molecule has 1 atom stereocenters. The molecule has 13 rings (SSSR count). The molecule has 0 aliphatic heterocycles. The van der Waals surface area contributed by atoms with Crippen LogP contribution in [0.2, 0.25) is 0 Å². The van der Waals surface area contributed by atoms with Crippen molar-refractivity contribution in [3.8, 4) is 33.4 Å². The van der Waals surface area contributed by atoms with E-state index in [2.05, 4.69) is 248 Å². The summed E-state index contributed by atoms with van der Waals surface area (Å²) in [5, 5.41) is 2.71. The minimum absolute atomic E-state index is 0.353. The number of fused-ring (bicyclic) bond motifs is 7. The number of hydrogen-bond acceptors (Lipinski definition) is 1. The van der Waals surface area contributed by atoms with Crippen LogP contribution in [0.5, 0.6) is 0 Å². The van der Waals surface area contributed by atoms with E-state index >= 15 is 0 Å². The molecular weight excluding hydrogens is 819 g/mol. The summed E-state index contributed by atoms with van der Waals surface area (Å²) in [5.41, 5.74) is 20.9. The Morgan fingerprint density at radius 2 is 0.853 bits per heavy atom. The van der Waals surface area contributed by atoms with Gasteiger partial charge in [0.1, 0.15) is 0 Å². The second-order valence-corrected chi connectivity index (χ2v) is 19.5. The minimum atomic E-state index is -0.536. The first-order valence-electron chi connectivity index (χ1n) is 24.7. The maximum atomic E-state index is 2.58. The molecular formula is C67H53N. The Kier molecular flexibility index (Phi) is 9.68. The molecule has 326 valence electrons. The molecule has 0 spiro atoms. The molecule has 1 heteroatoms. The number of anilines is 3. The van der Waals surface area contributed by atoms with Crippen LogP contribution in [-0.4, -0.2) is 0 Å². The molecule has 1 fully saturated rings. The highest BCUT2D eigenvalue weighted by atomic mass is 15.1. The van der Waals surface area contributed by atoms with Crippen LogP contribution in [0, 0.1) is 0 Å². The van der Waals surface area contributed by atoms with Crippen molar-refractivity contribution in [2.45, 2.75) is 55.8 Å². The van der Waals surface area contributed by atoms with Crippen LogP contribution < -0.4 is 4.90 Å². The summed E-state index contributed by atoms with van der Waals surface area (Å²) in [5.74, 6) is 0.563. The normalized spacial score (nSPS) is 16.7. The summed E-state index contributed by atoms with van der Waals surface area (Å²) in [6.07, 6.45) is 6.44. The van der Waals surface area contributed by atoms with E-state index in [0.29, 0.717) is 5.92 Å². The summed E-state index contributed by atoms with van der Waals surface area (Å²) >= 11 is 0. The zero-order chi connectivity index (χ0) is 45.2. The van der Waals surface area contributed by atoms with Crippen molar-refractivity contribution in [2.24, 2.45) is 0 Å². The highest BCUT2D eigenvalue weighted by molar-refractivity contribution is 6.04. The minimum Gasteiger partial charge on any atom is -0.310 e. The number of hydrogen-bond donors (Lipinski definition) is 0. The van der Waals surface area contributed by atoms with Gasteiger partial charge in [0.2, 0.25) is 0 Å². The highest BCUT2D eigenvalue weighted by Crippen LogP contribution is 2.59. The molecule has 0 saturated heterocycles. The van der Waals surface area contributed by atoms with Gasteiger partial charge in [0.15, 0.2) is 0 Å². The molecule has 3 aliphatic carbocycles. The summed E-state index contributed by atoms with van der Waals surface area (Å²) in [6, 6.07) is 89.4. The first-order chi connectivity index (χ1) is 33.6. The van der Waals surface area contributed by atoms with E-state index in [1.54, 1.807) is 0 Å². The third-order valence-electron chi connectivity index (χ3n) is 16.0. The summed E-state index contributed by atoms with van der Waals surface area (Å²) < 4.78 is 0. The van der Waals surface area contributed by atoms with Gasteiger partial charge in [0.05, 0.1) is 11.1 Å². The summed E-state index contributed by atoms with van der Waals surface area (Å²) in [7, 11) is 0. The van der Waals surface area contributed by atoms with Crippen molar-refractivity contribution < 1.29 is 0 Å². The van der Waals surface area contributed by atoms with Crippen LogP contribution in [0.4, 0.5) is 17.1 Å². The van der Waals surface area contributed by atoms with E-state index in [9.17, 15) is 0 Å². The molecule has 0 N–H and O–H groups in total. The zero-order valence-corrected chi connectivity index (χ0v) is 38.6. The van der Waals surface area contributed by atoms with Gasteiger partial charge in [-0.15, -0.1) is 0 Å². The second-order valence-electron chi connectivity index (χ2n) is 19.5. The highest BCUT2D eigenvalue weighted by Gasteiger charge is 2.47. The molecule has 0 amide bonds. The lowest BCUT2D eigenvalue weighted by Gasteiger charge is -2.35. The molecule has 0 radical (unpaired) electrons. The Bertz CT molecular complexity index is 3460. The van der Waals surface area contributed by atoms with E-state index in [1.807, 2.05) is 0 Å². The van der Waals surface area contributed by atoms with Crippen molar-refractivity contribution in [2.75, 3.05) is 4.90 Å². The van der Waals surface area contributed by atoms with Gasteiger partial charge in [-0.05, 0) is 139 Å². The molecule has 1 saturated carbocycles. The van der Waals surface area contributed by atoms with Crippen molar-refractivity contribution in [3.63, 3.8) is 0 Å². The number of rotatable bonds is 8. The lowest BCUT2D eigenvalue weighted by molar-refractivity contribution is 0.445. The van der Waals surface area contributed by atoms with Crippen molar-refractivity contribution in [3.05, 3.63) is 281 Å². The van der Waals surface area contributed by atoms with E-state index in [0.717, 1.165) is 17.1 Å². The fourth-order valence-electron chi connectivity index (χ4n) is 12.9. The lowest BCUT2D eigenvalue weighted by Crippen LogP contribution is -2.28. The van der Waals surface area contributed by atoms with E-state index in [4.69, 9.17) is 0 Å².